The number of esters is 1. The molecule has 0 aliphatic rings. The number of hydrogen-bond donors (Lipinski definition) is 1. The van der Waals surface area contributed by atoms with Crippen LogP contribution in [0.2, 0.25) is 0 Å². The molecule has 1 N–H and O–H groups in total. The molecule has 0 unspecified atom stereocenters. The van der Waals surface area contributed by atoms with E-state index < -0.39 is 17.5 Å². The van der Waals surface area contributed by atoms with Crippen molar-refractivity contribution in [2.24, 2.45) is 0 Å². The third-order valence-corrected chi connectivity index (χ3v) is 3.51. The fourth-order valence-electron chi connectivity index (χ4n) is 2.25. The molecule has 0 aliphatic heterocycles. The first kappa shape index (κ1) is 19.9. The molecule has 0 saturated heterocycles. The van der Waals surface area contributed by atoms with E-state index in [9.17, 15) is 23.7 Å². The fourth-order valence-corrected chi connectivity index (χ4v) is 2.25. The summed E-state index contributed by atoms with van der Waals surface area (Å²) in [5, 5.41) is 13.7. The maximum absolute atomic E-state index is 12.3. The zero-order valence-corrected chi connectivity index (χ0v) is 14.4. The second kappa shape index (κ2) is 8.79. The van der Waals surface area contributed by atoms with Gasteiger partial charge in [-0.1, -0.05) is 6.07 Å². The molecule has 2 aromatic rings. The molecule has 0 amide bonds. The fraction of sp³-hybridized carbons (Fsp3) is 0.235. The summed E-state index contributed by atoms with van der Waals surface area (Å²) < 4.78 is 39.0. The lowest BCUT2D eigenvalue weighted by atomic mass is 10.1. The predicted molar refractivity (Wildman–Crippen MR) is 91.4 cm³/mol. The number of nitro groups is 1. The highest BCUT2D eigenvalue weighted by Gasteiger charge is 2.18. The minimum absolute atomic E-state index is 0.00492. The molecule has 27 heavy (non-hydrogen) atoms. The summed E-state index contributed by atoms with van der Waals surface area (Å²) in [4.78, 5) is 22.6. The van der Waals surface area contributed by atoms with Gasteiger partial charge in [0.15, 0.2) is 11.5 Å². The smallest absolute Gasteiger partial charge is 0.387 e. The van der Waals surface area contributed by atoms with E-state index in [0.717, 1.165) is 6.07 Å². The minimum Gasteiger partial charge on any atom is -0.493 e. The molecule has 0 radical (unpaired) electrons. The number of anilines is 1. The number of nitrogens with zero attached hydrogens (tertiary/aromatic N) is 1. The molecule has 0 heterocycles. The van der Waals surface area contributed by atoms with Crippen LogP contribution in [0, 0.1) is 10.1 Å². The Kier molecular flexibility index (Phi) is 6.47. The van der Waals surface area contributed by atoms with Gasteiger partial charge in [0.2, 0.25) is 0 Å². The van der Waals surface area contributed by atoms with Crippen LogP contribution in [0.5, 0.6) is 11.5 Å². The van der Waals surface area contributed by atoms with Gasteiger partial charge in [-0.15, -0.1) is 0 Å². The number of nitrogens with one attached hydrogen (secondary N) is 1. The summed E-state index contributed by atoms with van der Waals surface area (Å²) >= 11 is 0. The van der Waals surface area contributed by atoms with Crippen molar-refractivity contribution in [2.45, 2.75) is 13.2 Å². The number of benzene rings is 2. The van der Waals surface area contributed by atoms with Gasteiger partial charge in [-0.25, -0.2) is 4.79 Å². The Bertz CT molecular complexity index is 844. The minimum atomic E-state index is -3.00. The van der Waals surface area contributed by atoms with Gasteiger partial charge in [0.1, 0.15) is 12.3 Å². The first-order valence-electron chi connectivity index (χ1n) is 7.60. The van der Waals surface area contributed by atoms with Gasteiger partial charge in [-0.3, -0.25) is 10.1 Å². The number of halogens is 2. The molecular weight excluding hydrogens is 366 g/mol. The normalized spacial score (nSPS) is 10.4. The van der Waals surface area contributed by atoms with E-state index in [0.29, 0.717) is 5.56 Å². The van der Waals surface area contributed by atoms with Crippen molar-refractivity contribution in [2.75, 3.05) is 19.5 Å². The molecule has 0 atom stereocenters. The summed E-state index contributed by atoms with van der Waals surface area (Å²) in [6.45, 7) is -3.19. The summed E-state index contributed by atoms with van der Waals surface area (Å²) in [6.07, 6.45) is 0. The first-order valence-corrected chi connectivity index (χ1v) is 7.60. The van der Waals surface area contributed by atoms with Gasteiger partial charge in [-0.2, -0.15) is 8.78 Å². The molecule has 0 aromatic heterocycles. The van der Waals surface area contributed by atoms with E-state index in [-0.39, 0.29) is 35.0 Å². The molecule has 144 valence electrons. The van der Waals surface area contributed by atoms with Gasteiger partial charge in [0.05, 0.1) is 17.6 Å². The van der Waals surface area contributed by atoms with Crippen molar-refractivity contribution >= 4 is 17.3 Å². The van der Waals surface area contributed by atoms with Crippen LogP contribution >= 0.6 is 0 Å². The summed E-state index contributed by atoms with van der Waals surface area (Å²) in [6, 6.07) is 7.97. The van der Waals surface area contributed by atoms with Crippen LogP contribution in [0.1, 0.15) is 15.9 Å². The van der Waals surface area contributed by atoms with E-state index in [1.165, 1.54) is 44.5 Å². The standard InChI is InChI=1S/C17H16F2N2O6/c1-20-12-5-4-11(8-13(12)21(23)24)16(22)26-9-10-3-6-14(27-17(18)19)15(7-10)25-2/h3-8,17,20H,9H2,1-2H3. The number of alkyl halides is 2. The van der Waals surface area contributed by atoms with E-state index in [4.69, 9.17) is 9.47 Å². The first-order chi connectivity index (χ1) is 12.8. The van der Waals surface area contributed by atoms with Crippen molar-refractivity contribution in [1.82, 2.24) is 0 Å². The van der Waals surface area contributed by atoms with Crippen molar-refractivity contribution in [1.29, 1.82) is 0 Å². The molecule has 2 rings (SSSR count). The quantitative estimate of drug-likeness (QED) is 0.423. The van der Waals surface area contributed by atoms with E-state index >= 15 is 0 Å². The second-order valence-electron chi connectivity index (χ2n) is 5.18. The third-order valence-electron chi connectivity index (χ3n) is 3.51. The number of methoxy groups -OCH3 is 1. The van der Waals surface area contributed by atoms with E-state index in [1.54, 1.807) is 0 Å². The summed E-state index contributed by atoms with van der Waals surface area (Å²) in [7, 11) is 2.81. The monoisotopic (exact) mass is 382 g/mol. The van der Waals surface area contributed by atoms with Gasteiger partial charge in [-0.05, 0) is 29.8 Å². The van der Waals surface area contributed by atoms with Crippen LogP contribution in [-0.4, -0.2) is 31.7 Å². The van der Waals surface area contributed by atoms with Crippen LogP contribution in [0.15, 0.2) is 36.4 Å². The Balaban J connectivity index is 2.11. The lowest BCUT2D eigenvalue weighted by Crippen LogP contribution is -2.07. The molecule has 8 nitrogen and oxygen atoms in total. The van der Waals surface area contributed by atoms with Crippen LogP contribution < -0.4 is 14.8 Å². The number of rotatable bonds is 8. The second-order valence-corrected chi connectivity index (χ2v) is 5.18. The van der Waals surface area contributed by atoms with Crippen LogP contribution in [0.4, 0.5) is 20.2 Å². The van der Waals surface area contributed by atoms with E-state index in [1.807, 2.05) is 0 Å². The number of ether oxygens (including phenoxy) is 3. The Morgan fingerprint density at radius 3 is 2.56 bits per heavy atom. The van der Waals surface area contributed by atoms with Gasteiger partial charge in [0, 0.05) is 13.1 Å². The molecule has 10 heteroatoms. The van der Waals surface area contributed by atoms with Crippen LogP contribution in [0.3, 0.4) is 0 Å². The van der Waals surface area contributed by atoms with Crippen LogP contribution in [-0.2, 0) is 11.3 Å². The molecular formula is C17H16F2N2O6. The summed E-state index contributed by atoms with van der Waals surface area (Å²) in [5.74, 6) is -0.869. The van der Waals surface area contributed by atoms with Crippen LogP contribution in [0.25, 0.3) is 0 Å². The highest BCUT2D eigenvalue weighted by Crippen LogP contribution is 2.30. The Morgan fingerprint density at radius 2 is 1.96 bits per heavy atom. The molecule has 2 aromatic carbocycles. The average Bonchev–Trinajstić information content (AvgIpc) is 2.65. The zero-order chi connectivity index (χ0) is 20.0. The lowest BCUT2D eigenvalue weighted by Gasteiger charge is -2.12. The molecule has 0 saturated carbocycles. The Hall–Kier alpha value is -3.43. The van der Waals surface area contributed by atoms with Gasteiger partial charge in [0.25, 0.3) is 5.69 Å². The SMILES string of the molecule is CNc1ccc(C(=O)OCc2ccc(OC(F)F)c(OC)c2)cc1[N+](=O)[O-]. The largest absolute Gasteiger partial charge is 0.493 e. The average molecular weight is 382 g/mol. The molecule has 0 fully saturated rings. The van der Waals surface area contributed by atoms with E-state index in [2.05, 4.69) is 10.1 Å². The van der Waals surface area contributed by atoms with Gasteiger partial charge >= 0.3 is 12.6 Å². The van der Waals surface area contributed by atoms with Crippen molar-refractivity contribution in [3.05, 3.63) is 57.6 Å². The van der Waals surface area contributed by atoms with Crippen molar-refractivity contribution in [3.8, 4) is 11.5 Å². The topological polar surface area (TPSA) is 99.9 Å². The predicted octanol–water partition coefficient (Wildman–Crippen LogP) is 3.60. The number of carbonyl (C=O) groups excluding carboxylic acids is 1. The molecule has 0 bridgehead atoms. The lowest BCUT2D eigenvalue weighted by molar-refractivity contribution is -0.384. The number of carbonyl (C=O) groups is 1. The highest BCUT2D eigenvalue weighted by molar-refractivity contribution is 5.91. The maximum atomic E-state index is 12.3. The number of hydrogen-bond acceptors (Lipinski definition) is 7. The zero-order valence-electron chi connectivity index (χ0n) is 14.4. The highest BCUT2D eigenvalue weighted by atomic mass is 19.3. The number of nitro benzene ring substituents is 1. The Labute approximate surface area is 152 Å². The van der Waals surface area contributed by atoms with Gasteiger partial charge < -0.3 is 19.5 Å². The summed E-state index contributed by atoms with van der Waals surface area (Å²) in [5.41, 5.74) is 0.464. The Morgan fingerprint density at radius 1 is 1.22 bits per heavy atom. The van der Waals surface area contributed by atoms with Crippen molar-refractivity contribution < 1.29 is 32.7 Å². The third kappa shape index (κ3) is 5.03. The molecule has 0 aliphatic carbocycles. The maximum Gasteiger partial charge on any atom is 0.387 e. The molecule has 0 spiro atoms. The van der Waals surface area contributed by atoms with Crippen molar-refractivity contribution in [3.63, 3.8) is 0 Å².